The van der Waals surface area contributed by atoms with Crippen molar-refractivity contribution < 1.29 is 4.79 Å². The topological polar surface area (TPSA) is 64.2 Å². The van der Waals surface area contributed by atoms with Gasteiger partial charge in [0.25, 0.3) is 0 Å². The van der Waals surface area contributed by atoms with Gasteiger partial charge in [0.15, 0.2) is 0 Å². The standard InChI is InChI=1S/C13H20N4O.2ClH/c14-12-3-2-10-8-16(9-11(10)12)13(18)4-7-17-6-1-5-15-17;;/h1,5-6,10-12H,2-4,7-9,14H2;2*1H. The number of carbonyl (C=O) groups is 1. The molecule has 3 unspecified atom stereocenters. The third kappa shape index (κ3) is 3.45. The molecule has 1 amide bonds. The summed E-state index contributed by atoms with van der Waals surface area (Å²) < 4.78 is 1.81. The van der Waals surface area contributed by atoms with Gasteiger partial charge in [0.2, 0.25) is 5.91 Å². The molecule has 114 valence electrons. The van der Waals surface area contributed by atoms with Crippen LogP contribution in [0.3, 0.4) is 0 Å². The summed E-state index contributed by atoms with van der Waals surface area (Å²) in [6.07, 6.45) is 6.49. The third-order valence-corrected chi connectivity index (χ3v) is 4.38. The second-order valence-corrected chi connectivity index (χ2v) is 5.48. The first-order chi connectivity index (χ1) is 8.74. The van der Waals surface area contributed by atoms with Gasteiger partial charge in [0.1, 0.15) is 0 Å². The highest BCUT2D eigenvalue weighted by Crippen LogP contribution is 2.37. The number of amides is 1. The van der Waals surface area contributed by atoms with Crippen LogP contribution in [0.4, 0.5) is 0 Å². The Morgan fingerprint density at radius 2 is 2.10 bits per heavy atom. The van der Waals surface area contributed by atoms with Gasteiger partial charge in [-0.3, -0.25) is 9.48 Å². The third-order valence-electron chi connectivity index (χ3n) is 4.38. The zero-order chi connectivity index (χ0) is 12.5. The van der Waals surface area contributed by atoms with E-state index in [1.54, 1.807) is 10.9 Å². The quantitative estimate of drug-likeness (QED) is 0.913. The Balaban J connectivity index is 0.000001000. The lowest BCUT2D eigenvalue weighted by Gasteiger charge is -2.18. The summed E-state index contributed by atoms with van der Waals surface area (Å²) in [4.78, 5) is 14.1. The van der Waals surface area contributed by atoms with Crippen LogP contribution in [0.15, 0.2) is 18.5 Å². The van der Waals surface area contributed by atoms with E-state index < -0.39 is 0 Å². The van der Waals surface area contributed by atoms with Gasteiger partial charge in [0.05, 0.1) is 0 Å². The van der Waals surface area contributed by atoms with E-state index in [0.29, 0.717) is 30.8 Å². The Hall–Kier alpha value is -0.780. The number of rotatable bonds is 3. The normalized spacial score (nSPS) is 27.6. The minimum absolute atomic E-state index is 0. The number of hydrogen-bond donors (Lipinski definition) is 1. The smallest absolute Gasteiger partial charge is 0.224 e. The van der Waals surface area contributed by atoms with E-state index in [1.807, 2.05) is 17.2 Å². The van der Waals surface area contributed by atoms with Crippen molar-refractivity contribution in [2.45, 2.75) is 31.8 Å². The van der Waals surface area contributed by atoms with Crippen LogP contribution in [-0.4, -0.2) is 39.7 Å². The summed E-state index contributed by atoms with van der Waals surface area (Å²) in [6.45, 7) is 2.45. The van der Waals surface area contributed by atoms with Gasteiger partial charge in [-0.05, 0) is 30.7 Å². The summed E-state index contributed by atoms with van der Waals surface area (Å²) in [5.41, 5.74) is 6.08. The number of carbonyl (C=O) groups excluding carboxylic acids is 1. The van der Waals surface area contributed by atoms with E-state index in [1.165, 1.54) is 6.42 Å². The molecule has 3 atom stereocenters. The maximum absolute atomic E-state index is 12.1. The number of aromatic nitrogens is 2. The molecule has 5 nitrogen and oxygen atoms in total. The van der Waals surface area contributed by atoms with Gasteiger partial charge in [-0.15, -0.1) is 24.8 Å². The zero-order valence-electron chi connectivity index (χ0n) is 11.4. The molecule has 7 heteroatoms. The molecule has 1 aliphatic carbocycles. The van der Waals surface area contributed by atoms with Crippen molar-refractivity contribution in [2.24, 2.45) is 17.6 Å². The fraction of sp³-hybridized carbons (Fsp3) is 0.692. The largest absolute Gasteiger partial charge is 0.342 e. The average molecular weight is 321 g/mol. The monoisotopic (exact) mass is 320 g/mol. The van der Waals surface area contributed by atoms with E-state index >= 15 is 0 Å². The number of nitrogens with two attached hydrogens (primary N) is 1. The van der Waals surface area contributed by atoms with E-state index in [2.05, 4.69) is 5.10 Å². The van der Waals surface area contributed by atoms with Crippen molar-refractivity contribution in [3.8, 4) is 0 Å². The van der Waals surface area contributed by atoms with Crippen LogP contribution < -0.4 is 5.73 Å². The fourth-order valence-electron chi connectivity index (χ4n) is 3.31. The maximum atomic E-state index is 12.1. The van der Waals surface area contributed by atoms with Crippen molar-refractivity contribution >= 4 is 30.7 Å². The second kappa shape index (κ2) is 7.29. The van der Waals surface area contributed by atoms with Crippen molar-refractivity contribution in [1.29, 1.82) is 0 Å². The Kier molecular flexibility index (Phi) is 6.30. The maximum Gasteiger partial charge on any atom is 0.224 e. The van der Waals surface area contributed by atoms with Crippen LogP contribution >= 0.6 is 24.8 Å². The molecule has 1 aromatic heterocycles. The molecule has 2 N–H and O–H groups in total. The predicted octanol–water partition coefficient (Wildman–Crippen LogP) is 1.31. The molecule has 0 aromatic carbocycles. The van der Waals surface area contributed by atoms with Gasteiger partial charge in [0, 0.05) is 44.5 Å². The fourth-order valence-corrected chi connectivity index (χ4v) is 3.31. The molecule has 0 radical (unpaired) electrons. The predicted molar refractivity (Wildman–Crippen MR) is 82.1 cm³/mol. The van der Waals surface area contributed by atoms with Crippen LogP contribution in [0.25, 0.3) is 0 Å². The molecule has 1 aliphatic heterocycles. The summed E-state index contributed by atoms with van der Waals surface area (Å²) in [6, 6.07) is 2.18. The van der Waals surface area contributed by atoms with Gasteiger partial charge in [-0.2, -0.15) is 5.10 Å². The molecular formula is C13H22Cl2N4O. The number of halogens is 2. The molecule has 0 spiro atoms. The van der Waals surface area contributed by atoms with Crippen LogP contribution in [0.1, 0.15) is 19.3 Å². The van der Waals surface area contributed by atoms with Crippen LogP contribution in [0, 0.1) is 11.8 Å². The van der Waals surface area contributed by atoms with Crippen LogP contribution in [-0.2, 0) is 11.3 Å². The highest BCUT2D eigenvalue weighted by atomic mass is 35.5. The summed E-state index contributed by atoms with van der Waals surface area (Å²) >= 11 is 0. The number of fused-ring (bicyclic) bond motifs is 1. The number of likely N-dealkylation sites (tertiary alicyclic amines) is 1. The molecule has 0 bridgehead atoms. The Bertz CT molecular complexity index is 426. The lowest BCUT2D eigenvalue weighted by atomic mass is 9.98. The summed E-state index contributed by atoms with van der Waals surface area (Å²) in [5.74, 6) is 1.43. The molecule has 1 aromatic rings. The highest BCUT2D eigenvalue weighted by Gasteiger charge is 2.42. The van der Waals surface area contributed by atoms with Gasteiger partial charge >= 0.3 is 0 Å². The lowest BCUT2D eigenvalue weighted by molar-refractivity contribution is -0.130. The first-order valence-electron chi connectivity index (χ1n) is 6.75. The average Bonchev–Trinajstić information content (AvgIpc) is 3.05. The van der Waals surface area contributed by atoms with Crippen LogP contribution in [0.5, 0.6) is 0 Å². The van der Waals surface area contributed by atoms with E-state index in [-0.39, 0.29) is 30.7 Å². The highest BCUT2D eigenvalue weighted by molar-refractivity contribution is 5.85. The SMILES string of the molecule is Cl.Cl.NC1CCC2CN(C(=O)CCn3cccn3)CC12. The molecule has 1 saturated heterocycles. The first kappa shape index (κ1) is 17.3. The van der Waals surface area contributed by atoms with Gasteiger partial charge in [-0.1, -0.05) is 0 Å². The van der Waals surface area contributed by atoms with Crippen molar-refractivity contribution in [1.82, 2.24) is 14.7 Å². The molecule has 2 fully saturated rings. The summed E-state index contributed by atoms with van der Waals surface area (Å²) in [5, 5.41) is 4.11. The summed E-state index contributed by atoms with van der Waals surface area (Å²) in [7, 11) is 0. The van der Waals surface area contributed by atoms with Crippen LogP contribution in [0.2, 0.25) is 0 Å². The van der Waals surface area contributed by atoms with E-state index in [9.17, 15) is 4.79 Å². The van der Waals surface area contributed by atoms with Crippen molar-refractivity contribution in [2.75, 3.05) is 13.1 Å². The number of hydrogen-bond acceptors (Lipinski definition) is 3. The minimum atomic E-state index is 0. The molecule has 2 aliphatic rings. The van der Waals surface area contributed by atoms with E-state index in [4.69, 9.17) is 5.73 Å². The van der Waals surface area contributed by atoms with Gasteiger partial charge < -0.3 is 10.6 Å². The Morgan fingerprint density at radius 1 is 1.30 bits per heavy atom. The Morgan fingerprint density at radius 3 is 2.75 bits per heavy atom. The number of nitrogens with zero attached hydrogens (tertiary/aromatic N) is 3. The first-order valence-corrected chi connectivity index (χ1v) is 6.75. The lowest BCUT2D eigenvalue weighted by Crippen LogP contribution is -2.33. The van der Waals surface area contributed by atoms with Crippen molar-refractivity contribution in [3.63, 3.8) is 0 Å². The van der Waals surface area contributed by atoms with Crippen molar-refractivity contribution in [3.05, 3.63) is 18.5 Å². The number of aryl methyl sites for hydroxylation is 1. The molecule has 1 saturated carbocycles. The zero-order valence-corrected chi connectivity index (χ0v) is 13.0. The minimum Gasteiger partial charge on any atom is -0.342 e. The molecular weight excluding hydrogens is 299 g/mol. The van der Waals surface area contributed by atoms with Gasteiger partial charge in [-0.25, -0.2) is 0 Å². The molecule has 2 heterocycles. The second-order valence-electron chi connectivity index (χ2n) is 5.48. The Labute approximate surface area is 131 Å². The molecule has 20 heavy (non-hydrogen) atoms. The molecule has 3 rings (SSSR count). The van der Waals surface area contributed by atoms with E-state index in [0.717, 1.165) is 19.5 Å².